The van der Waals surface area contributed by atoms with Crippen LogP contribution in [-0.4, -0.2) is 39.2 Å². The predicted octanol–water partition coefficient (Wildman–Crippen LogP) is 1.56. The van der Waals surface area contributed by atoms with E-state index in [1.165, 1.54) is 34.0 Å². The number of carbonyl (C=O) groups excluding carboxylic acids is 2. The van der Waals surface area contributed by atoms with Gasteiger partial charge in [-0.15, -0.1) is 0 Å². The van der Waals surface area contributed by atoms with Crippen molar-refractivity contribution in [3.63, 3.8) is 0 Å². The molecule has 1 atom stereocenters. The molecule has 1 aliphatic rings. The molecule has 0 saturated carbocycles. The van der Waals surface area contributed by atoms with Gasteiger partial charge in [-0.25, -0.2) is 9.18 Å². The molecule has 1 saturated heterocycles. The summed E-state index contributed by atoms with van der Waals surface area (Å²) in [6.07, 6.45) is 1.92. The monoisotopic (exact) mass is 382 g/mol. The van der Waals surface area contributed by atoms with E-state index in [2.05, 4.69) is 10.4 Å². The zero-order chi connectivity index (χ0) is 18.9. The zero-order valence-electron chi connectivity index (χ0n) is 13.8. The summed E-state index contributed by atoms with van der Waals surface area (Å²) in [6, 6.07) is 4.36. The summed E-state index contributed by atoms with van der Waals surface area (Å²) < 4.78 is 20.2. The standard InChI is InChI=1S/C16H16ClFN4O4/c1-21-9-11(8-20-21)22-6-5-16(25,14(22)23)26-15(24)19-7-10-3-2-4-12(17)13(10)18/h2-4,8-9,25H,5-7H2,1H3,(H,19,24)/t16-/m0/s1. The number of hydrogen-bond acceptors (Lipinski definition) is 5. The lowest BCUT2D eigenvalue weighted by Gasteiger charge is -2.21. The Kier molecular flexibility index (Phi) is 4.84. The number of nitrogens with zero attached hydrogens (tertiary/aromatic N) is 3. The van der Waals surface area contributed by atoms with Crippen LogP contribution < -0.4 is 10.2 Å². The lowest BCUT2D eigenvalue weighted by atomic mass is 10.2. The summed E-state index contributed by atoms with van der Waals surface area (Å²) in [5.74, 6) is -3.71. The SMILES string of the molecule is Cn1cc(N2CC[C@](O)(OC(=O)NCc3cccc(Cl)c3F)C2=O)cn1. The van der Waals surface area contributed by atoms with Crippen molar-refractivity contribution in [1.82, 2.24) is 15.1 Å². The third kappa shape index (κ3) is 3.49. The van der Waals surface area contributed by atoms with Crippen LogP contribution in [0.2, 0.25) is 5.02 Å². The first kappa shape index (κ1) is 18.2. The highest BCUT2D eigenvalue weighted by Crippen LogP contribution is 2.29. The fourth-order valence-corrected chi connectivity index (χ4v) is 2.81. The van der Waals surface area contributed by atoms with E-state index in [0.717, 1.165) is 0 Å². The molecule has 2 N–H and O–H groups in total. The van der Waals surface area contributed by atoms with Crippen LogP contribution in [0.1, 0.15) is 12.0 Å². The quantitative estimate of drug-likeness (QED) is 0.782. The Balaban J connectivity index is 1.62. The predicted molar refractivity (Wildman–Crippen MR) is 89.9 cm³/mol. The molecular formula is C16H16ClFN4O4. The Labute approximate surface area is 153 Å². The Morgan fingerprint density at radius 1 is 1.54 bits per heavy atom. The van der Waals surface area contributed by atoms with Crippen molar-refractivity contribution >= 4 is 29.3 Å². The van der Waals surface area contributed by atoms with Crippen molar-refractivity contribution in [2.24, 2.45) is 7.05 Å². The van der Waals surface area contributed by atoms with Crippen molar-refractivity contribution in [3.05, 3.63) is 47.0 Å². The van der Waals surface area contributed by atoms with Crippen molar-refractivity contribution in [2.75, 3.05) is 11.4 Å². The summed E-state index contributed by atoms with van der Waals surface area (Å²) >= 11 is 5.67. The summed E-state index contributed by atoms with van der Waals surface area (Å²) in [5.41, 5.74) is 0.634. The molecule has 0 spiro atoms. The molecule has 26 heavy (non-hydrogen) atoms. The maximum Gasteiger partial charge on any atom is 0.410 e. The lowest BCUT2D eigenvalue weighted by Crippen LogP contribution is -2.46. The first-order valence-electron chi connectivity index (χ1n) is 7.73. The Morgan fingerprint density at radius 2 is 2.31 bits per heavy atom. The number of halogens is 2. The number of anilines is 1. The number of carbonyl (C=O) groups is 2. The van der Waals surface area contributed by atoms with E-state index in [9.17, 15) is 19.1 Å². The molecular weight excluding hydrogens is 367 g/mol. The average molecular weight is 383 g/mol. The molecule has 1 aromatic heterocycles. The van der Waals surface area contributed by atoms with Gasteiger partial charge in [-0.2, -0.15) is 5.10 Å². The molecule has 1 aliphatic heterocycles. The van der Waals surface area contributed by atoms with Gasteiger partial charge in [0.2, 0.25) is 0 Å². The van der Waals surface area contributed by atoms with Gasteiger partial charge < -0.3 is 20.1 Å². The fourth-order valence-electron chi connectivity index (χ4n) is 2.61. The van der Waals surface area contributed by atoms with Gasteiger partial charge in [-0.1, -0.05) is 23.7 Å². The third-order valence-electron chi connectivity index (χ3n) is 3.97. The van der Waals surface area contributed by atoms with E-state index in [1.54, 1.807) is 13.2 Å². The Bertz CT molecular complexity index is 859. The second-order valence-electron chi connectivity index (χ2n) is 5.82. The van der Waals surface area contributed by atoms with E-state index in [-0.39, 0.29) is 30.1 Å². The van der Waals surface area contributed by atoms with E-state index >= 15 is 0 Å². The van der Waals surface area contributed by atoms with Gasteiger partial charge in [0.15, 0.2) is 0 Å². The first-order valence-corrected chi connectivity index (χ1v) is 8.11. The fraction of sp³-hybridized carbons (Fsp3) is 0.312. The second-order valence-corrected chi connectivity index (χ2v) is 6.23. The average Bonchev–Trinajstić information content (AvgIpc) is 3.13. The number of ether oxygens (including phenoxy) is 1. The van der Waals surface area contributed by atoms with Gasteiger partial charge in [0.05, 0.1) is 16.9 Å². The molecule has 0 bridgehead atoms. The van der Waals surface area contributed by atoms with Crippen molar-refractivity contribution in [1.29, 1.82) is 0 Å². The number of aliphatic hydroxyl groups is 1. The number of alkyl carbamates (subject to hydrolysis) is 1. The molecule has 138 valence electrons. The van der Waals surface area contributed by atoms with Crippen molar-refractivity contribution < 1.29 is 23.8 Å². The van der Waals surface area contributed by atoms with Crippen LogP contribution in [0.25, 0.3) is 0 Å². The number of aromatic nitrogens is 2. The van der Waals surface area contributed by atoms with Crippen molar-refractivity contribution in [2.45, 2.75) is 18.8 Å². The molecule has 2 aromatic rings. The molecule has 0 aliphatic carbocycles. The Morgan fingerprint density at radius 3 is 3.00 bits per heavy atom. The van der Waals surface area contributed by atoms with Crippen LogP contribution in [0.3, 0.4) is 0 Å². The maximum absolute atomic E-state index is 13.8. The number of nitrogens with one attached hydrogen (secondary N) is 1. The smallest absolute Gasteiger partial charge is 0.407 e. The van der Waals surface area contributed by atoms with E-state index in [1.807, 2.05) is 0 Å². The number of aryl methyl sites for hydroxylation is 1. The number of hydrogen-bond donors (Lipinski definition) is 2. The van der Waals surface area contributed by atoms with Crippen LogP contribution in [-0.2, 0) is 23.1 Å². The van der Waals surface area contributed by atoms with E-state index in [4.69, 9.17) is 16.3 Å². The van der Waals surface area contributed by atoms with Gasteiger partial charge in [-0.3, -0.25) is 9.48 Å². The third-order valence-corrected chi connectivity index (χ3v) is 4.26. The molecule has 10 heteroatoms. The maximum atomic E-state index is 13.8. The van der Waals surface area contributed by atoms with Crippen molar-refractivity contribution in [3.8, 4) is 0 Å². The zero-order valence-corrected chi connectivity index (χ0v) is 14.5. The molecule has 1 fully saturated rings. The van der Waals surface area contributed by atoms with Crippen LogP contribution in [0.4, 0.5) is 14.9 Å². The second kappa shape index (κ2) is 6.93. The van der Waals surface area contributed by atoms with Crippen LogP contribution in [0, 0.1) is 5.82 Å². The molecule has 8 nitrogen and oxygen atoms in total. The number of rotatable bonds is 4. The highest BCUT2D eigenvalue weighted by atomic mass is 35.5. The van der Waals surface area contributed by atoms with Gasteiger partial charge in [0.1, 0.15) is 5.82 Å². The summed E-state index contributed by atoms with van der Waals surface area (Å²) in [6.45, 7) is -0.0426. The largest absolute Gasteiger partial charge is 0.410 e. The number of benzene rings is 1. The minimum Gasteiger partial charge on any atom is -0.407 e. The highest BCUT2D eigenvalue weighted by molar-refractivity contribution is 6.30. The molecule has 2 heterocycles. The number of amides is 2. The van der Waals surface area contributed by atoms with E-state index in [0.29, 0.717) is 5.69 Å². The molecule has 0 unspecified atom stereocenters. The summed E-state index contributed by atoms with van der Waals surface area (Å²) in [7, 11) is 1.69. The molecule has 2 amide bonds. The molecule has 0 radical (unpaired) electrons. The topological polar surface area (TPSA) is 96.7 Å². The minimum atomic E-state index is -2.28. The van der Waals surface area contributed by atoms with Gasteiger partial charge in [0, 0.05) is 38.3 Å². The minimum absolute atomic E-state index is 0.0746. The van der Waals surface area contributed by atoms with Gasteiger partial charge in [0.25, 0.3) is 11.7 Å². The molecule has 3 rings (SSSR count). The van der Waals surface area contributed by atoms with Crippen LogP contribution in [0.15, 0.2) is 30.6 Å². The Hall–Kier alpha value is -2.65. The summed E-state index contributed by atoms with van der Waals surface area (Å²) in [4.78, 5) is 25.6. The van der Waals surface area contributed by atoms with Gasteiger partial charge in [-0.05, 0) is 6.07 Å². The normalized spacial score (nSPS) is 19.7. The summed E-state index contributed by atoms with van der Waals surface area (Å²) in [5, 5.41) is 16.5. The lowest BCUT2D eigenvalue weighted by molar-refractivity contribution is -0.175. The van der Waals surface area contributed by atoms with Gasteiger partial charge >= 0.3 is 6.09 Å². The van der Waals surface area contributed by atoms with Crippen LogP contribution >= 0.6 is 11.6 Å². The first-order chi connectivity index (χ1) is 12.3. The van der Waals surface area contributed by atoms with Crippen LogP contribution in [0.5, 0.6) is 0 Å². The van der Waals surface area contributed by atoms with E-state index < -0.39 is 23.6 Å². The molecule has 1 aromatic carbocycles. The highest BCUT2D eigenvalue weighted by Gasteiger charge is 2.49.